The maximum absolute atomic E-state index is 13.1. The minimum atomic E-state index is -0.541. The van der Waals surface area contributed by atoms with Crippen molar-refractivity contribution in [3.63, 3.8) is 0 Å². The molecular formula is C27H41N3O3. The number of rotatable bonds is 5. The van der Waals surface area contributed by atoms with Gasteiger partial charge in [-0.25, -0.2) is 0 Å². The van der Waals surface area contributed by atoms with E-state index in [1.165, 1.54) is 19.3 Å². The lowest BCUT2D eigenvalue weighted by molar-refractivity contribution is -0.142. The van der Waals surface area contributed by atoms with Gasteiger partial charge in [0.15, 0.2) is 0 Å². The van der Waals surface area contributed by atoms with Gasteiger partial charge in [0.05, 0.1) is 6.10 Å². The highest BCUT2D eigenvalue weighted by molar-refractivity contribution is 5.92. The lowest BCUT2D eigenvalue weighted by Gasteiger charge is -2.56. The second-order valence-corrected chi connectivity index (χ2v) is 11.2. The van der Waals surface area contributed by atoms with Crippen molar-refractivity contribution in [1.82, 2.24) is 15.6 Å². The number of pyridine rings is 1. The number of fused-ring (bicyclic) bond motifs is 1. The highest BCUT2D eigenvalue weighted by Crippen LogP contribution is 2.55. The second-order valence-electron chi connectivity index (χ2n) is 11.2. The first kappa shape index (κ1) is 24.2. The van der Waals surface area contributed by atoms with Gasteiger partial charge < -0.3 is 15.7 Å². The molecule has 3 aliphatic rings. The van der Waals surface area contributed by atoms with Gasteiger partial charge >= 0.3 is 0 Å². The molecule has 3 saturated carbocycles. The topological polar surface area (TPSA) is 91.3 Å². The molecule has 6 heteroatoms. The Kier molecular flexibility index (Phi) is 7.42. The van der Waals surface area contributed by atoms with Crippen LogP contribution in [-0.4, -0.2) is 40.1 Å². The van der Waals surface area contributed by atoms with Gasteiger partial charge in [-0.2, -0.15) is 0 Å². The van der Waals surface area contributed by atoms with E-state index >= 15 is 0 Å². The van der Waals surface area contributed by atoms with Crippen LogP contribution >= 0.6 is 0 Å². The summed E-state index contributed by atoms with van der Waals surface area (Å²) in [6.45, 7) is 6.43. The molecule has 182 valence electrons. The third-order valence-electron chi connectivity index (χ3n) is 9.11. The molecule has 1 aromatic rings. The number of aromatic nitrogens is 1. The summed E-state index contributed by atoms with van der Waals surface area (Å²) in [7, 11) is 0. The summed E-state index contributed by atoms with van der Waals surface area (Å²) in [6.07, 6.45) is 10.7. The van der Waals surface area contributed by atoms with E-state index in [-0.39, 0.29) is 46.9 Å². The molecule has 1 heterocycles. The van der Waals surface area contributed by atoms with E-state index in [4.69, 9.17) is 0 Å². The molecule has 3 aliphatic carbocycles. The molecule has 3 fully saturated rings. The van der Waals surface area contributed by atoms with Crippen molar-refractivity contribution >= 4 is 11.8 Å². The zero-order valence-corrected chi connectivity index (χ0v) is 20.4. The summed E-state index contributed by atoms with van der Waals surface area (Å²) in [5, 5.41) is 18.0. The van der Waals surface area contributed by atoms with Crippen molar-refractivity contribution in [3.8, 4) is 0 Å². The van der Waals surface area contributed by atoms with Crippen LogP contribution in [0.3, 0.4) is 0 Å². The van der Waals surface area contributed by atoms with Crippen molar-refractivity contribution in [1.29, 1.82) is 0 Å². The van der Waals surface area contributed by atoms with Crippen LogP contribution in [0, 0.1) is 29.1 Å². The minimum absolute atomic E-state index is 0.00245. The zero-order chi connectivity index (χ0) is 23.6. The monoisotopic (exact) mass is 455 g/mol. The standard InChI is InChI=1S/C27H41N3O3/c1-17(25(32)29-19-9-5-4-6-10-19)20-12-14-27(3)15-13-21(18(2)23(27)24(20)31)30-26(33)22-11-7-8-16-28-22/h7-8,11,16-21,23-24,31H,4-6,9-10,12-15H2,1-3H3,(H,29,32)(H,30,33)/t17-,18+,20+,21-,23+,24-,27-/m0/s1. The van der Waals surface area contributed by atoms with Crippen molar-refractivity contribution in [2.24, 2.45) is 29.1 Å². The predicted octanol–water partition coefficient (Wildman–Crippen LogP) is 4.09. The van der Waals surface area contributed by atoms with E-state index in [2.05, 4.69) is 29.5 Å². The number of carbonyl (C=O) groups excluding carboxylic acids is 2. The van der Waals surface area contributed by atoms with Gasteiger partial charge in [0.2, 0.25) is 5.91 Å². The van der Waals surface area contributed by atoms with Gasteiger partial charge in [-0.05, 0) is 73.8 Å². The fraction of sp³-hybridized carbons (Fsp3) is 0.741. The fourth-order valence-electron chi connectivity index (χ4n) is 7.01. The van der Waals surface area contributed by atoms with Crippen LogP contribution in [-0.2, 0) is 4.79 Å². The summed E-state index contributed by atoms with van der Waals surface area (Å²) >= 11 is 0. The molecular weight excluding hydrogens is 414 g/mol. The smallest absolute Gasteiger partial charge is 0.270 e. The van der Waals surface area contributed by atoms with Crippen molar-refractivity contribution in [3.05, 3.63) is 30.1 Å². The van der Waals surface area contributed by atoms with Crippen LogP contribution in [0.15, 0.2) is 24.4 Å². The Balaban J connectivity index is 1.43. The number of carbonyl (C=O) groups is 2. The average Bonchev–Trinajstić information content (AvgIpc) is 2.82. The quantitative estimate of drug-likeness (QED) is 0.624. The Hall–Kier alpha value is -1.95. The number of nitrogens with zero attached hydrogens (tertiary/aromatic N) is 1. The van der Waals surface area contributed by atoms with E-state index < -0.39 is 6.10 Å². The molecule has 33 heavy (non-hydrogen) atoms. The Labute approximate surface area is 198 Å². The summed E-state index contributed by atoms with van der Waals surface area (Å²) in [5.74, 6) is -0.121. The van der Waals surface area contributed by atoms with Crippen LogP contribution < -0.4 is 10.6 Å². The summed E-state index contributed by atoms with van der Waals surface area (Å²) in [4.78, 5) is 30.0. The normalized spacial score (nSPS) is 35.8. The van der Waals surface area contributed by atoms with Gasteiger partial charge in [-0.3, -0.25) is 14.6 Å². The highest BCUT2D eigenvalue weighted by Gasteiger charge is 2.54. The Morgan fingerprint density at radius 1 is 1.09 bits per heavy atom. The van der Waals surface area contributed by atoms with Crippen molar-refractivity contribution in [2.45, 2.75) is 96.7 Å². The molecule has 0 saturated heterocycles. The van der Waals surface area contributed by atoms with E-state index in [0.29, 0.717) is 11.7 Å². The molecule has 7 atom stereocenters. The van der Waals surface area contributed by atoms with E-state index in [0.717, 1.165) is 38.5 Å². The molecule has 2 amide bonds. The van der Waals surface area contributed by atoms with Gasteiger partial charge in [0.1, 0.15) is 5.69 Å². The minimum Gasteiger partial charge on any atom is -0.392 e. The SMILES string of the molecule is C[C@H]1[C@@H]2[C@@H](O)[C@@H]([C@H](C)C(=O)NC3CCCCC3)CC[C@@]2(C)CC[C@@H]1NC(=O)c1ccccn1. The number of nitrogens with one attached hydrogen (secondary N) is 2. The van der Waals surface area contributed by atoms with E-state index in [9.17, 15) is 14.7 Å². The molecule has 4 rings (SSSR count). The molecule has 0 bridgehead atoms. The van der Waals surface area contributed by atoms with Gasteiger partial charge in [-0.15, -0.1) is 0 Å². The largest absolute Gasteiger partial charge is 0.392 e. The third-order valence-corrected chi connectivity index (χ3v) is 9.11. The van der Waals surface area contributed by atoms with Gasteiger partial charge in [0, 0.05) is 24.2 Å². The summed E-state index contributed by atoms with van der Waals surface area (Å²) in [6, 6.07) is 5.64. The van der Waals surface area contributed by atoms with Crippen LogP contribution in [0.25, 0.3) is 0 Å². The van der Waals surface area contributed by atoms with E-state index in [1.54, 1.807) is 18.3 Å². The maximum Gasteiger partial charge on any atom is 0.270 e. The molecule has 0 aliphatic heterocycles. The number of amides is 2. The van der Waals surface area contributed by atoms with Crippen molar-refractivity contribution in [2.75, 3.05) is 0 Å². The molecule has 0 aromatic carbocycles. The molecule has 1 aromatic heterocycles. The molecule has 0 spiro atoms. The molecule has 0 radical (unpaired) electrons. The lowest BCUT2D eigenvalue weighted by Crippen LogP contribution is -2.58. The Bertz CT molecular complexity index is 825. The summed E-state index contributed by atoms with van der Waals surface area (Å²) in [5.41, 5.74) is 0.467. The predicted molar refractivity (Wildman–Crippen MR) is 128 cm³/mol. The Morgan fingerprint density at radius 2 is 1.82 bits per heavy atom. The first-order valence-corrected chi connectivity index (χ1v) is 13.0. The second kappa shape index (κ2) is 10.1. The van der Waals surface area contributed by atoms with Crippen molar-refractivity contribution < 1.29 is 14.7 Å². The first-order valence-electron chi connectivity index (χ1n) is 13.0. The first-order chi connectivity index (χ1) is 15.8. The van der Waals surface area contributed by atoms with Crippen LogP contribution in [0.2, 0.25) is 0 Å². The molecule has 3 N–H and O–H groups in total. The lowest BCUT2D eigenvalue weighted by atomic mass is 9.51. The van der Waals surface area contributed by atoms with E-state index in [1.807, 2.05) is 13.0 Å². The summed E-state index contributed by atoms with van der Waals surface area (Å²) < 4.78 is 0. The number of aliphatic hydroxyl groups excluding tert-OH is 1. The van der Waals surface area contributed by atoms with Gasteiger partial charge in [-0.1, -0.05) is 46.1 Å². The van der Waals surface area contributed by atoms with Gasteiger partial charge in [0.25, 0.3) is 5.91 Å². The number of aliphatic hydroxyl groups is 1. The number of hydrogen-bond acceptors (Lipinski definition) is 4. The van der Waals surface area contributed by atoms with Crippen LogP contribution in [0.5, 0.6) is 0 Å². The molecule has 6 nitrogen and oxygen atoms in total. The third kappa shape index (κ3) is 5.11. The molecule has 0 unspecified atom stereocenters. The average molecular weight is 456 g/mol. The Morgan fingerprint density at radius 3 is 2.52 bits per heavy atom. The van der Waals surface area contributed by atoms with Crippen LogP contribution in [0.1, 0.15) is 89.0 Å². The van der Waals surface area contributed by atoms with Crippen LogP contribution in [0.4, 0.5) is 0 Å². The highest BCUT2D eigenvalue weighted by atomic mass is 16.3. The maximum atomic E-state index is 13.1. The number of hydrogen-bond donors (Lipinski definition) is 3. The fourth-order valence-corrected chi connectivity index (χ4v) is 7.01. The zero-order valence-electron chi connectivity index (χ0n) is 20.4.